The Balaban J connectivity index is 2.29. The number of carbonyl (C=O) groups excluding carboxylic acids is 5. The molecule has 1 fully saturated rings. The summed E-state index contributed by atoms with van der Waals surface area (Å²) in [4.78, 5) is 84.7. The third-order valence-corrected chi connectivity index (χ3v) is 11.3. The Bertz CT molecular complexity index is 1460. The highest BCUT2D eigenvalue weighted by molar-refractivity contribution is 5.93. The van der Waals surface area contributed by atoms with Crippen LogP contribution in [-0.4, -0.2) is 139 Å². The van der Waals surface area contributed by atoms with Crippen molar-refractivity contribution in [3.8, 4) is 0 Å². The summed E-state index contributed by atoms with van der Waals surface area (Å²) in [6.45, 7) is 13.1. The topological polar surface area (TPSA) is 201 Å². The maximum atomic E-state index is 14.3. The van der Waals surface area contributed by atoms with Gasteiger partial charge in [0.2, 0.25) is 29.5 Å². The number of nitrogens with two attached hydrogens (primary N) is 1. The molecule has 1 aromatic carbocycles. The number of benzene rings is 1. The van der Waals surface area contributed by atoms with Crippen LogP contribution in [0.2, 0.25) is 0 Å². The molecule has 56 heavy (non-hydrogen) atoms. The number of nitrogens with one attached hydrogen (secondary N) is 2. The first kappa shape index (κ1) is 48.1. The van der Waals surface area contributed by atoms with Gasteiger partial charge in [0.25, 0.3) is 0 Å². The first-order valence-electron chi connectivity index (χ1n) is 19.8. The molecule has 15 nitrogen and oxygen atoms in total. The van der Waals surface area contributed by atoms with Gasteiger partial charge in [0.15, 0.2) is 0 Å². The zero-order chi connectivity index (χ0) is 42.4. The second-order valence-electron chi connectivity index (χ2n) is 15.8. The van der Waals surface area contributed by atoms with Crippen LogP contribution in [-0.2, 0) is 44.7 Å². The summed E-state index contributed by atoms with van der Waals surface area (Å²) in [5.41, 5.74) is 6.35. The molecule has 0 bridgehead atoms. The number of carboxylic acid groups (broad SMARTS) is 1. The van der Waals surface area contributed by atoms with Gasteiger partial charge in [-0.1, -0.05) is 85.2 Å². The fourth-order valence-corrected chi connectivity index (χ4v) is 7.86. The second kappa shape index (κ2) is 22.6. The molecule has 15 heteroatoms. The number of likely N-dealkylation sites (tertiary alicyclic amines) is 1. The molecule has 1 heterocycles. The van der Waals surface area contributed by atoms with Crippen LogP contribution in [0.5, 0.6) is 0 Å². The van der Waals surface area contributed by atoms with Crippen LogP contribution in [0.4, 0.5) is 0 Å². The van der Waals surface area contributed by atoms with E-state index in [1.54, 1.807) is 48.0 Å². The summed E-state index contributed by atoms with van der Waals surface area (Å²) in [5.74, 6) is -4.53. The molecule has 0 aliphatic carbocycles. The number of likely N-dealkylation sites (N-methyl/N-ethyl adjacent to an activating group) is 2. The number of amides is 5. The van der Waals surface area contributed by atoms with Gasteiger partial charge in [0, 0.05) is 41.3 Å². The molecule has 316 valence electrons. The van der Waals surface area contributed by atoms with Crippen molar-refractivity contribution in [2.45, 2.75) is 123 Å². The lowest BCUT2D eigenvalue weighted by Gasteiger charge is -2.41. The highest BCUT2D eigenvalue weighted by Gasteiger charge is 2.43. The fourth-order valence-electron chi connectivity index (χ4n) is 7.86. The van der Waals surface area contributed by atoms with E-state index in [-0.39, 0.29) is 49.0 Å². The van der Waals surface area contributed by atoms with E-state index >= 15 is 0 Å². The predicted octanol–water partition coefficient (Wildman–Crippen LogP) is 2.30. The van der Waals surface area contributed by atoms with Crippen LogP contribution in [0.3, 0.4) is 0 Å². The zero-order valence-electron chi connectivity index (χ0n) is 35.3. The minimum atomic E-state index is -1.15. The number of aliphatic carboxylic acids is 1. The molecule has 9 atom stereocenters. The minimum absolute atomic E-state index is 0.0606. The summed E-state index contributed by atoms with van der Waals surface area (Å²) in [5, 5.41) is 15.5. The van der Waals surface area contributed by atoms with Gasteiger partial charge < -0.3 is 45.6 Å². The van der Waals surface area contributed by atoms with Crippen molar-refractivity contribution in [2.75, 3.05) is 41.4 Å². The molecule has 0 saturated carbocycles. The summed E-state index contributed by atoms with van der Waals surface area (Å²) in [7, 11) is 6.16. The van der Waals surface area contributed by atoms with Crippen LogP contribution < -0.4 is 16.4 Å². The average molecular weight is 789 g/mol. The molecule has 0 radical (unpaired) electrons. The number of ether oxygens (including phenoxy) is 2. The highest BCUT2D eigenvalue weighted by atomic mass is 16.5. The molecular weight excluding hydrogens is 720 g/mol. The molecule has 1 aromatic rings. The fraction of sp³-hybridized carbons (Fsp3) is 0.707. The third kappa shape index (κ3) is 12.5. The van der Waals surface area contributed by atoms with Gasteiger partial charge in [-0.05, 0) is 36.2 Å². The second-order valence-corrected chi connectivity index (χ2v) is 15.8. The van der Waals surface area contributed by atoms with Crippen LogP contribution in [0.1, 0.15) is 79.7 Å². The average Bonchev–Trinajstić information content (AvgIpc) is 3.65. The Kier molecular flexibility index (Phi) is 19.4. The monoisotopic (exact) mass is 789 g/mol. The van der Waals surface area contributed by atoms with Crippen molar-refractivity contribution in [3.05, 3.63) is 35.9 Å². The number of hydrogen-bond acceptors (Lipinski definition) is 9. The number of carboxylic acids is 1. The van der Waals surface area contributed by atoms with Crippen molar-refractivity contribution >= 4 is 35.5 Å². The lowest BCUT2D eigenvalue weighted by Crippen LogP contribution is -2.60. The molecule has 0 aromatic heterocycles. The zero-order valence-corrected chi connectivity index (χ0v) is 35.3. The Morgan fingerprint density at radius 3 is 2.04 bits per heavy atom. The number of methoxy groups -OCH3 is 2. The van der Waals surface area contributed by atoms with E-state index < -0.39 is 72.0 Å². The van der Waals surface area contributed by atoms with Gasteiger partial charge in [-0.3, -0.25) is 24.0 Å². The Morgan fingerprint density at radius 1 is 0.911 bits per heavy atom. The Labute approximate surface area is 333 Å². The smallest absolute Gasteiger partial charge is 0.326 e. The summed E-state index contributed by atoms with van der Waals surface area (Å²) in [6.07, 6.45) is 0.552. The van der Waals surface area contributed by atoms with Crippen LogP contribution in [0.15, 0.2) is 30.3 Å². The maximum absolute atomic E-state index is 14.3. The van der Waals surface area contributed by atoms with Crippen molar-refractivity contribution in [2.24, 2.45) is 29.4 Å². The predicted molar refractivity (Wildman–Crippen MR) is 213 cm³/mol. The largest absolute Gasteiger partial charge is 0.480 e. The molecule has 1 unspecified atom stereocenters. The first-order chi connectivity index (χ1) is 26.4. The lowest BCUT2D eigenvalue weighted by molar-refractivity contribution is -0.149. The number of nitrogens with zero attached hydrogens (tertiary/aromatic N) is 3. The molecular formula is C41H68N6O9. The van der Waals surface area contributed by atoms with E-state index in [2.05, 4.69) is 10.6 Å². The van der Waals surface area contributed by atoms with Gasteiger partial charge in [-0.25, -0.2) is 4.79 Å². The Morgan fingerprint density at radius 2 is 1.54 bits per heavy atom. The number of hydrogen-bond donors (Lipinski definition) is 4. The molecule has 5 N–H and O–H groups in total. The van der Waals surface area contributed by atoms with Crippen molar-refractivity contribution in [3.63, 3.8) is 0 Å². The van der Waals surface area contributed by atoms with Crippen molar-refractivity contribution in [1.82, 2.24) is 25.3 Å². The summed E-state index contributed by atoms with van der Waals surface area (Å²) >= 11 is 0. The van der Waals surface area contributed by atoms with E-state index in [0.717, 1.165) is 5.56 Å². The number of carbonyl (C=O) groups is 6. The van der Waals surface area contributed by atoms with Crippen molar-refractivity contribution < 1.29 is 43.3 Å². The Hall–Kier alpha value is -4.08. The maximum Gasteiger partial charge on any atom is 0.326 e. The molecule has 2 rings (SSSR count). The summed E-state index contributed by atoms with van der Waals surface area (Å²) in [6, 6.07) is 5.12. The van der Waals surface area contributed by atoms with E-state index in [4.69, 9.17) is 15.2 Å². The van der Waals surface area contributed by atoms with E-state index in [1.165, 1.54) is 26.2 Å². The third-order valence-electron chi connectivity index (χ3n) is 11.3. The normalized spacial score (nSPS) is 18.6. The quantitative estimate of drug-likeness (QED) is 0.135. The molecule has 0 spiro atoms. The van der Waals surface area contributed by atoms with Crippen LogP contribution in [0, 0.1) is 23.7 Å². The van der Waals surface area contributed by atoms with E-state index in [1.807, 2.05) is 47.6 Å². The molecule has 1 saturated heterocycles. The summed E-state index contributed by atoms with van der Waals surface area (Å²) < 4.78 is 11.8. The van der Waals surface area contributed by atoms with Gasteiger partial charge in [-0.15, -0.1) is 0 Å². The van der Waals surface area contributed by atoms with Gasteiger partial charge >= 0.3 is 5.97 Å². The van der Waals surface area contributed by atoms with E-state index in [9.17, 15) is 33.9 Å². The molecule has 5 amide bonds. The lowest BCUT2D eigenvalue weighted by atomic mass is 9.89. The SMILES string of the molecule is CC[C@H](C)[C@@H]([C@@H](CC(=O)N1CCC[C@H]1[C@H](OC)[C@@H](C)C(=O)N[C@@H](Cc1ccccc1)C(=O)O)OC)N(C)C(=O)C(NC(=O)[C@H](C(C)C)N(C)C(=O)CN)C(C)C. The minimum Gasteiger partial charge on any atom is -0.480 e. The molecule has 1 aliphatic rings. The van der Waals surface area contributed by atoms with Gasteiger partial charge in [0.1, 0.15) is 18.1 Å². The van der Waals surface area contributed by atoms with Crippen LogP contribution >= 0.6 is 0 Å². The van der Waals surface area contributed by atoms with Gasteiger partial charge in [-0.2, -0.15) is 0 Å². The van der Waals surface area contributed by atoms with Gasteiger partial charge in [0.05, 0.1) is 43.2 Å². The number of rotatable bonds is 22. The van der Waals surface area contributed by atoms with Crippen molar-refractivity contribution in [1.29, 1.82) is 0 Å². The molecule has 1 aliphatic heterocycles. The highest BCUT2D eigenvalue weighted by Crippen LogP contribution is 2.30. The van der Waals surface area contributed by atoms with E-state index in [0.29, 0.717) is 25.8 Å². The van der Waals surface area contributed by atoms with Crippen LogP contribution in [0.25, 0.3) is 0 Å². The standard InChI is InChI=1S/C41H68N6O9/c1-12-26(6)36(46(9)40(52)34(24(2)3)44-39(51)35(25(4)5)45(8)33(49)23-42)31(55-10)22-32(48)47-20-16-19-30(47)37(56-11)27(7)38(50)43-29(41(53)54)21-28-17-14-13-15-18-28/h13-15,17-18,24-27,29-31,34-37H,12,16,19-23,42H2,1-11H3,(H,43,50)(H,44,51)(H,53,54)/t26-,27+,29-,30-,31+,34?,35-,36-,37+/m0/s1. The first-order valence-corrected chi connectivity index (χ1v) is 19.8.